The molecular formula is C27H33N5O2P+. The summed E-state index contributed by atoms with van der Waals surface area (Å²) in [5, 5.41) is 4.05. The van der Waals surface area contributed by atoms with E-state index >= 15 is 0 Å². The van der Waals surface area contributed by atoms with Gasteiger partial charge in [-0.25, -0.2) is 9.98 Å². The number of benzene rings is 3. The molecule has 3 aromatic carbocycles. The standard InChI is InChI=1S/C27H33N5O2P/c1-30-26(28)32-27(29)31-17-18-33-19-20-34-21-22-35(23-11-5-2-6-12-23,24-13-7-3-8-14-24)25-15-9-4-10-16-25/h2-16H,1,17-22H2,(H4,28,29,31,32)/q+1. The molecule has 0 atom stereocenters. The van der Waals surface area contributed by atoms with E-state index in [0.29, 0.717) is 33.0 Å². The Morgan fingerprint density at radius 1 is 0.657 bits per heavy atom. The minimum atomic E-state index is -1.88. The van der Waals surface area contributed by atoms with Crippen LogP contribution in [0.3, 0.4) is 0 Å². The van der Waals surface area contributed by atoms with E-state index in [1.807, 2.05) is 0 Å². The predicted octanol–water partition coefficient (Wildman–Crippen LogP) is 2.34. The van der Waals surface area contributed by atoms with Gasteiger partial charge < -0.3 is 20.9 Å². The van der Waals surface area contributed by atoms with Crippen LogP contribution in [0.2, 0.25) is 0 Å². The van der Waals surface area contributed by atoms with Crippen LogP contribution in [0.4, 0.5) is 0 Å². The molecule has 0 unspecified atom stereocenters. The molecule has 0 heterocycles. The topological polar surface area (TPSA) is 108 Å². The van der Waals surface area contributed by atoms with E-state index in [2.05, 4.69) is 113 Å². The molecule has 0 spiro atoms. The monoisotopic (exact) mass is 490 g/mol. The van der Waals surface area contributed by atoms with Crippen LogP contribution in [-0.2, 0) is 9.47 Å². The normalized spacial score (nSPS) is 12.5. The Morgan fingerprint density at radius 2 is 1.11 bits per heavy atom. The summed E-state index contributed by atoms with van der Waals surface area (Å²) in [6, 6.07) is 32.4. The zero-order valence-corrected chi connectivity index (χ0v) is 20.8. The van der Waals surface area contributed by atoms with Gasteiger partial charge in [0.2, 0.25) is 11.9 Å². The molecular weight excluding hydrogens is 457 g/mol. The van der Waals surface area contributed by atoms with E-state index in [0.717, 1.165) is 6.16 Å². The largest absolute Gasteiger partial charge is 0.377 e. The van der Waals surface area contributed by atoms with Gasteiger partial charge in [-0.05, 0) is 43.1 Å². The average molecular weight is 491 g/mol. The third-order valence-corrected chi connectivity index (χ3v) is 9.83. The van der Waals surface area contributed by atoms with Crippen molar-refractivity contribution in [2.24, 2.45) is 26.4 Å². The molecule has 0 amide bonds. The Labute approximate surface area is 208 Å². The van der Waals surface area contributed by atoms with Gasteiger partial charge in [-0.1, -0.05) is 54.6 Å². The number of nitrogens with zero attached hydrogens (tertiary/aromatic N) is 3. The van der Waals surface area contributed by atoms with E-state index in [-0.39, 0.29) is 11.9 Å². The fourth-order valence-corrected chi connectivity index (χ4v) is 7.93. The molecule has 0 saturated heterocycles. The number of aliphatic imine (C=N–C) groups is 3. The smallest absolute Gasteiger partial charge is 0.222 e. The lowest BCUT2D eigenvalue weighted by Gasteiger charge is -2.27. The van der Waals surface area contributed by atoms with Crippen LogP contribution in [0.25, 0.3) is 0 Å². The molecule has 0 fully saturated rings. The molecule has 0 saturated carbocycles. The number of guanidine groups is 2. The van der Waals surface area contributed by atoms with Crippen molar-refractivity contribution in [2.75, 3.05) is 39.1 Å². The third kappa shape index (κ3) is 7.55. The second-order valence-electron chi connectivity index (χ2n) is 7.63. The maximum Gasteiger partial charge on any atom is 0.222 e. The highest BCUT2D eigenvalue weighted by molar-refractivity contribution is 7.95. The number of rotatable bonds is 12. The minimum Gasteiger partial charge on any atom is -0.377 e. The summed E-state index contributed by atoms with van der Waals surface area (Å²) in [4.78, 5) is 11.3. The fourth-order valence-electron chi connectivity index (χ4n) is 3.82. The second kappa shape index (κ2) is 14.1. The number of hydrogen-bond acceptors (Lipinski definition) is 3. The molecule has 7 nitrogen and oxygen atoms in total. The Balaban J connectivity index is 1.61. The highest BCUT2D eigenvalue weighted by Gasteiger charge is 2.44. The molecule has 8 heteroatoms. The first-order chi connectivity index (χ1) is 17.2. The van der Waals surface area contributed by atoms with Crippen molar-refractivity contribution in [2.45, 2.75) is 0 Å². The van der Waals surface area contributed by atoms with Crippen LogP contribution in [-0.4, -0.2) is 57.8 Å². The molecule has 4 N–H and O–H groups in total. The van der Waals surface area contributed by atoms with Gasteiger partial charge in [0.05, 0.1) is 39.1 Å². The van der Waals surface area contributed by atoms with E-state index in [9.17, 15) is 0 Å². The Morgan fingerprint density at radius 3 is 1.57 bits per heavy atom. The highest BCUT2D eigenvalue weighted by Crippen LogP contribution is 2.54. The van der Waals surface area contributed by atoms with Crippen LogP contribution < -0.4 is 27.4 Å². The van der Waals surface area contributed by atoms with E-state index < -0.39 is 7.26 Å². The first kappa shape index (κ1) is 26.2. The molecule has 0 aliphatic heterocycles. The molecule has 0 aromatic heterocycles. The van der Waals surface area contributed by atoms with Crippen LogP contribution >= 0.6 is 7.26 Å². The fraction of sp³-hybridized carbons (Fsp3) is 0.222. The number of nitrogens with two attached hydrogens (primary N) is 2. The molecule has 35 heavy (non-hydrogen) atoms. The van der Waals surface area contributed by atoms with Gasteiger partial charge in [0.25, 0.3) is 0 Å². The maximum atomic E-state index is 6.03. The quantitative estimate of drug-likeness (QED) is 0.176. The lowest BCUT2D eigenvalue weighted by Crippen LogP contribution is -2.34. The van der Waals surface area contributed by atoms with Gasteiger partial charge in [0, 0.05) is 0 Å². The minimum absolute atomic E-state index is 0.0130. The first-order valence-corrected chi connectivity index (χ1v) is 13.5. The predicted molar refractivity (Wildman–Crippen MR) is 149 cm³/mol. The summed E-state index contributed by atoms with van der Waals surface area (Å²) in [6.07, 6.45) is 0.905. The summed E-state index contributed by atoms with van der Waals surface area (Å²) >= 11 is 0. The Hall–Kier alpha value is -3.38. The van der Waals surface area contributed by atoms with Crippen molar-refractivity contribution >= 4 is 41.8 Å². The van der Waals surface area contributed by atoms with Crippen molar-refractivity contribution < 1.29 is 9.47 Å². The van der Waals surface area contributed by atoms with Gasteiger partial charge in [-0.15, -0.1) is 0 Å². The first-order valence-electron chi connectivity index (χ1n) is 11.5. The van der Waals surface area contributed by atoms with E-state index in [4.69, 9.17) is 20.9 Å². The average Bonchev–Trinajstić information content (AvgIpc) is 2.91. The third-order valence-electron chi connectivity index (χ3n) is 5.43. The summed E-state index contributed by atoms with van der Waals surface area (Å²) in [7, 11) is -1.88. The Bertz CT molecular complexity index is 996. The van der Waals surface area contributed by atoms with Gasteiger partial charge in [0.15, 0.2) is 0 Å². The molecule has 0 bridgehead atoms. The SMILES string of the molecule is C=NC(N)=NC(N)=NCCOCCOCC[P+](c1ccccc1)(c1ccccc1)c1ccccc1. The van der Waals surface area contributed by atoms with Crippen molar-refractivity contribution in [3.8, 4) is 0 Å². The molecule has 3 aromatic rings. The number of hydrogen-bond donors (Lipinski definition) is 2. The van der Waals surface area contributed by atoms with Gasteiger partial charge >= 0.3 is 0 Å². The van der Waals surface area contributed by atoms with Crippen molar-refractivity contribution in [1.29, 1.82) is 0 Å². The van der Waals surface area contributed by atoms with Gasteiger partial charge in [0.1, 0.15) is 23.2 Å². The zero-order valence-electron chi connectivity index (χ0n) is 19.9. The number of ether oxygens (including phenoxy) is 2. The summed E-state index contributed by atoms with van der Waals surface area (Å²) in [5.74, 6) is 0.0405. The summed E-state index contributed by atoms with van der Waals surface area (Å²) < 4.78 is 11.6. The van der Waals surface area contributed by atoms with Gasteiger partial charge in [-0.3, -0.25) is 0 Å². The molecule has 0 radical (unpaired) electrons. The zero-order chi connectivity index (χ0) is 24.8. The Kier molecular flexibility index (Phi) is 10.6. The van der Waals surface area contributed by atoms with Crippen LogP contribution in [0, 0.1) is 0 Å². The van der Waals surface area contributed by atoms with Crippen molar-refractivity contribution in [1.82, 2.24) is 0 Å². The molecule has 3 rings (SSSR count). The van der Waals surface area contributed by atoms with Crippen LogP contribution in [0.15, 0.2) is 106 Å². The van der Waals surface area contributed by atoms with Crippen LogP contribution in [0.1, 0.15) is 0 Å². The van der Waals surface area contributed by atoms with Crippen molar-refractivity contribution in [3.63, 3.8) is 0 Å². The van der Waals surface area contributed by atoms with E-state index in [1.54, 1.807) is 0 Å². The molecule has 0 aliphatic carbocycles. The summed E-state index contributed by atoms with van der Waals surface area (Å²) in [5.41, 5.74) is 11.1. The second-order valence-corrected chi connectivity index (χ2v) is 11.2. The van der Waals surface area contributed by atoms with Gasteiger partial charge in [-0.2, -0.15) is 4.99 Å². The molecule has 182 valence electrons. The molecule has 0 aliphatic rings. The van der Waals surface area contributed by atoms with E-state index in [1.165, 1.54) is 15.9 Å². The van der Waals surface area contributed by atoms with Crippen LogP contribution in [0.5, 0.6) is 0 Å². The lowest BCUT2D eigenvalue weighted by molar-refractivity contribution is 0.0570. The van der Waals surface area contributed by atoms with Crippen molar-refractivity contribution in [3.05, 3.63) is 91.0 Å². The highest BCUT2D eigenvalue weighted by atomic mass is 31.2. The summed E-state index contributed by atoms with van der Waals surface area (Å²) in [6.45, 7) is 5.67. The maximum absolute atomic E-state index is 6.03. The lowest BCUT2D eigenvalue weighted by atomic mass is 10.4.